The minimum Gasteiger partial charge on any atom is -0.338 e. The van der Waals surface area contributed by atoms with Gasteiger partial charge in [-0.25, -0.2) is 4.98 Å². The van der Waals surface area contributed by atoms with Gasteiger partial charge in [-0.2, -0.15) is 5.26 Å². The molecule has 0 radical (unpaired) electrons. The highest BCUT2D eigenvalue weighted by atomic mass is 35.5. The van der Waals surface area contributed by atoms with E-state index in [9.17, 15) is 0 Å². The van der Waals surface area contributed by atoms with Crippen molar-refractivity contribution in [3.8, 4) is 17.5 Å². The van der Waals surface area contributed by atoms with E-state index in [2.05, 4.69) is 16.0 Å². The van der Waals surface area contributed by atoms with E-state index >= 15 is 0 Å². The van der Waals surface area contributed by atoms with Gasteiger partial charge in [-0.15, -0.1) is 0 Å². The molecule has 0 bridgehead atoms. The minimum atomic E-state index is 0.470. The first-order valence-corrected chi connectivity index (χ1v) is 6.28. The zero-order valence-electron chi connectivity index (χ0n) is 9.61. The van der Waals surface area contributed by atoms with Gasteiger partial charge < -0.3 is 4.98 Å². The van der Waals surface area contributed by atoms with Crippen LogP contribution >= 0.6 is 23.2 Å². The molecule has 0 aliphatic rings. The third-order valence-electron chi connectivity index (χ3n) is 2.79. The van der Waals surface area contributed by atoms with Crippen molar-refractivity contribution in [2.75, 3.05) is 0 Å². The number of aromatic nitrogens is 2. The van der Waals surface area contributed by atoms with Crippen LogP contribution in [0.25, 0.3) is 22.4 Å². The predicted molar refractivity (Wildman–Crippen MR) is 76.3 cm³/mol. The molecule has 3 aromatic rings. The van der Waals surface area contributed by atoms with Gasteiger partial charge in [0.25, 0.3) is 0 Å². The summed E-state index contributed by atoms with van der Waals surface area (Å²) in [5.74, 6) is 0.686. The second-order valence-corrected chi connectivity index (χ2v) is 4.88. The Morgan fingerprint density at radius 2 is 1.89 bits per heavy atom. The molecule has 0 amide bonds. The van der Waals surface area contributed by atoms with Gasteiger partial charge in [-0.3, -0.25) is 0 Å². The number of aromatic amines is 1. The molecular formula is C14H7Cl2N3. The monoisotopic (exact) mass is 287 g/mol. The number of nitriles is 1. The van der Waals surface area contributed by atoms with E-state index in [1.807, 2.05) is 12.1 Å². The van der Waals surface area contributed by atoms with Crippen molar-refractivity contribution < 1.29 is 0 Å². The lowest BCUT2D eigenvalue weighted by Crippen LogP contribution is -1.81. The van der Waals surface area contributed by atoms with Crippen LogP contribution in [0.4, 0.5) is 0 Å². The van der Waals surface area contributed by atoms with Gasteiger partial charge in [0.15, 0.2) is 0 Å². The summed E-state index contributed by atoms with van der Waals surface area (Å²) in [6.07, 6.45) is 0. The Bertz CT molecular complexity index is 776. The predicted octanol–water partition coefficient (Wildman–Crippen LogP) is 4.41. The van der Waals surface area contributed by atoms with Crippen LogP contribution in [-0.2, 0) is 0 Å². The summed E-state index contributed by atoms with van der Waals surface area (Å²) in [7, 11) is 0. The quantitative estimate of drug-likeness (QED) is 0.721. The number of fused-ring (bicyclic) bond motifs is 1. The lowest BCUT2D eigenvalue weighted by molar-refractivity contribution is 1.33. The first kappa shape index (κ1) is 12.0. The SMILES string of the molecule is N#Cc1cccc(-c2nc3cc(Cl)c(Cl)cc3[nH]2)c1. The smallest absolute Gasteiger partial charge is 0.138 e. The van der Waals surface area contributed by atoms with Gasteiger partial charge in [0, 0.05) is 5.56 Å². The molecule has 0 saturated heterocycles. The summed E-state index contributed by atoms with van der Waals surface area (Å²) in [6, 6.07) is 12.8. The molecule has 19 heavy (non-hydrogen) atoms. The number of hydrogen-bond donors (Lipinski definition) is 1. The molecule has 0 aliphatic heterocycles. The molecule has 0 saturated carbocycles. The largest absolute Gasteiger partial charge is 0.338 e. The third-order valence-corrected chi connectivity index (χ3v) is 3.51. The van der Waals surface area contributed by atoms with E-state index in [0.29, 0.717) is 21.4 Å². The van der Waals surface area contributed by atoms with Crippen LogP contribution in [0, 0.1) is 11.3 Å². The second-order valence-electron chi connectivity index (χ2n) is 4.06. The summed E-state index contributed by atoms with van der Waals surface area (Å²) in [5, 5.41) is 9.86. The molecule has 0 spiro atoms. The molecule has 1 aromatic heterocycles. The molecule has 1 heterocycles. The summed E-state index contributed by atoms with van der Waals surface area (Å²) in [4.78, 5) is 7.62. The molecule has 0 unspecified atom stereocenters. The number of imidazole rings is 1. The Kier molecular flexibility index (Phi) is 2.90. The van der Waals surface area contributed by atoms with Crippen LogP contribution in [0.2, 0.25) is 10.0 Å². The molecule has 0 fully saturated rings. The molecule has 0 aliphatic carbocycles. The van der Waals surface area contributed by atoms with Crippen molar-refractivity contribution >= 4 is 34.2 Å². The van der Waals surface area contributed by atoms with Gasteiger partial charge in [0.1, 0.15) is 5.82 Å². The van der Waals surface area contributed by atoms with Crippen molar-refractivity contribution in [1.29, 1.82) is 5.26 Å². The van der Waals surface area contributed by atoms with E-state index in [-0.39, 0.29) is 0 Å². The molecule has 3 rings (SSSR count). The van der Waals surface area contributed by atoms with Crippen molar-refractivity contribution in [2.24, 2.45) is 0 Å². The number of benzene rings is 2. The number of rotatable bonds is 1. The highest BCUT2D eigenvalue weighted by Gasteiger charge is 2.08. The molecule has 3 nitrogen and oxygen atoms in total. The zero-order chi connectivity index (χ0) is 13.4. The maximum absolute atomic E-state index is 8.91. The average molecular weight is 288 g/mol. The Morgan fingerprint density at radius 1 is 1.11 bits per heavy atom. The number of nitrogens with one attached hydrogen (secondary N) is 1. The van der Waals surface area contributed by atoms with Crippen LogP contribution in [0.5, 0.6) is 0 Å². The number of nitrogens with zero attached hydrogens (tertiary/aromatic N) is 2. The van der Waals surface area contributed by atoms with Crippen LogP contribution < -0.4 is 0 Å². The average Bonchev–Trinajstić information content (AvgIpc) is 2.82. The Balaban J connectivity index is 2.18. The maximum atomic E-state index is 8.91. The first-order chi connectivity index (χ1) is 9.17. The van der Waals surface area contributed by atoms with Crippen molar-refractivity contribution in [1.82, 2.24) is 9.97 Å². The van der Waals surface area contributed by atoms with Crippen molar-refractivity contribution in [3.63, 3.8) is 0 Å². The zero-order valence-corrected chi connectivity index (χ0v) is 11.1. The lowest BCUT2D eigenvalue weighted by atomic mass is 10.1. The van der Waals surface area contributed by atoms with E-state index in [1.54, 1.807) is 24.3 Å². The van der Waals surface area contributed by atoms with Gasteiger partial charge in [0.2, 0.25) is 0 Å². The molecule has 92 valence electrons. The fourth-order valence-electron chi connectivity index (χ4n) is 1.88. The summed E-state index contributed by atoms with van der Waals surface area (Å²) < 4.78 is 0. The molecule has 2 aromatic carbocycles. The van der Waals surface area contributed by atoms with Gasteiger partial charge in [-0.05, 0) is 24.3 Å². The second kappa shape index (κ2) is 4.58. The van der Waals surface area contributed by atoms with E-state index in [4.69, 9.17) is 28.5 Å². The van der Waals surface area contributed by atoms with Crippen LogP contribution in [-0.4, -0.2) is 9.97 Å². The number of halogens is 2. The first-order valence-electron chi connectivity index (χ1n) is 5.52. The summed E-state index contributed by atoms with van der Waals surface area (Å²) >= 11 is 11.9. The molecule has 5 heteroatoms. The van der Waals surface area contributed by atoms with Crippen LogP contribution in [0.3, 0.4) is 0 Å². The summed E-state index contributed by atoms with van der Waals surface area (Å²) in [6.45, 7) is 0. The Labute approximate surface area is 119 Å². The van der Waals surface area contributed by atoms with Crippen LogP contribution in [0.15, 0.2) is 36.4 Å². The highest BCUT2D eigenvalue weighted by Crippen LogP contribution is 2.28. The minimum absolute atomic E-state index is 0.470. The molecule has 0 atom stereocenters. The standard InChI is InChI=1S/C14H7Cl2N3/c15-10-5-12-13(6-11(10)16)19-14(18-12)9-3-1-2-8(4-9)7-17/h1-6H,(H,18,19). The number of H-pyrrole nitrogens is 1. The molecular weight excluding hydrogens is 281 g/mol. The van der Waals surface area contributed by atoms with Crippen molar-refractivity contribution in [2.45, 2.75) is 0 Å². The normalized spacial score (nSPS) is 10.6. The Hall–Kier alpha value is -2.02. The lowest BCUT2D eigenvalue weighted by Gasteiger charge is -1.96. The Morgan fingerprint density at radius 3 is 2.68 bits per heavy atom. The van der Waals surface area contributed by atoms with Crippen LogP contribution in [0.1, 0.15) is 5.56 Å². The van der Waals surface area contributed by atoms with E-state index in [0.717, 1.165) is 16.6 Å². The van der Waals surface area contributed by atoms with Gasteiger partial charge >= 0.3 is 0 Å². The van der Waals surface area contributed by atoms with Gasteiger partial charge in [0.05, 0.1) is 32.7 Å². The molecule has 1 N–H and O–H groups in total. The number of hydrogen-bond acceptors (Lipinski definition) is 2. The fourth-order valence-corrected chi connectivity index (χ4v) is 2.20. The van der Waals surface area contributed by atoms with Crippen molar-refractivity contribution in [3.05, 3.63) is 52.0 Å². The van der Waals surface area contributed by atoms with Gasteiger partial charge in [-0.1, -0.05) is 35.3 Å². The van der Waals surface area contributed by atoms with E-state index in [1.165, 1.54) is 0 Å². The third kappa shape index (κ3) is 2.17. The maximum Gasteiger partial charge on any atom is 0.138 e. The van der Waals surface area contributed by atoms with E-state index < -0.39 is 0 Å². The highest BCUT2D eigenvalue weighted by molar-refractivity contribution is 6.42. The summed E-state index contributed by atoms with van der Waals surface area (Å²) in [5.41, 5.74) is 3.00. The topological polar surface area (TPSA) is 52.5 Å². The fraction of sp³-hybridized carbons (Fsp3) is 0.